The van der Waals surface area contributed by atoms with E-state index in [1.54, 1.807) is 12.5 Å². The molecule has 0 amide bonds. The number of hydrogen-bond acceptors (Lipinski definition) is 6. The molecule has 1 aliphatic heterocycles. The summed E-state index contributed by atoms with van der Waals surface area (Å²) >= 11 is 0. The Labute approximate surface area is 169 Å². The van der Waals surface area contributed by atoms with Gasteiger partial charge in [-0.2, -0.15) is 0 Å². The highest BCUT2D eigenvalue weighted by Crippen LogP contribution is 2.42. The Morgan fingerprint density at radius 3 is 2.72 bits per heavy atom. The van der Waals surface area contributed by atoms with Gasteiger partial charge in [0.15, 0.2) is 17.5 Å². The number of hydrogen-bond donors (Lipinski definition) is 0. The second-order valence-electron chi connectivity index (χ2n) is 7.82. The maximum atomic E-state index is 12.9. The molecule has 0 bridgehead atoms. The van der Waals surface area contributed by atoms with Crippen LogP contribution in [0.25, 0.3) is 5.69 Å². The highest BCUT2D eigenvalue weighted by Gasteiger charge is 2.38. The average molecular weight is 388 g/mol. The first kappa shape index (κ1) is 18.0. The van der Waals surface area contributed by atoms with Crippen molar-refractivity contribution in [2.75, 3.05) is 4.90 Å². The van der Waals surface area contributed by atoms with Gasteiger partial charge in [-0.3, -0.25) is 9.36 Å². The zero-order chi connectivity index (χ0) is 19.8. The Morgan fingerprint density at radius 2 is 1.97 bits per heavy atom. The van der Waals surface area contributed by atoms with E-state index in [0.717, 1.165) is 42.2 Å². The molecular weight excluding hydrogens is 364 g/mol. The summed E-state index contributed by atoms with van der Waals surface area (Å²) in [5, 5.41) is 8.53. The fourth-order valence-corrected chi connectivity index (χ4v) is 4.64. The van der Waals surface area contributed by atoms with Gasteiger partial charge in [0.25, 0.3) is 0 Å². The first-order valence-electron chi connectivity index (χ1n) is 10.4. The molecule has 1 fully saturated rings. The van der Waals surface area contributed by atoms with E-state index < -0.39 is 0 Å². The zero-order valence-electron chi connectivity index (χ0n) is 16.5. The van der Waals surface area contributed by atoms with Crippen molar-refractivity contribution < 1.29 is 4.79 Å². The summed E-state index contributed by atoms with van der Waals surface area (Å²) in [6, 6.07) is 10.3. The number of carbonyl (C=O) groups is 1. The molecule has 1 aliphatic carbocycles. The molecule has 0 radical (unpaired) electrons. The Hall–Kier alpha value is -3.09. The quantitative estimate of drug-likeness (QED) is 0.620. The fraction of sp³-hybridized carbons (Fsp3) is 0.409. The molecule has 2 aliphatic rings. The van der Waals surface area contributed by atoms with Gasteiger partial charge in [-0.05, 0) is 24.8 Å². The van der Waals surface area contributed by atoms with Crippen molar-refractivity contribution in [2.45, 2.75) is 57.5 Å². The second-order valence-corrected chi connectivity index (χ2v) is 7.82. The van der Waals surface area contributed by atoms with Crippen molar-refractivity contribution in [3.05, 3.63) is 60.1 Å². The number of anilines is 1. The van der Waals surface area contributed by atoms with Crippen molar-refractivity contribution in [1.82, 2.24) is 24.7 Å². The number of nitrogens with zero attached hydrogens (tertiary/aromatic N) is 6. The predicted octanol–water partition coefficient (Wildman–Crippen LogP) is 3.70. The van der Waals surface area contributed by atoms with Crippen LogP contribution in [0.1, 0.15) is 67.1 Å². The monoisotopic (exact) mass is 388 g/mol. The van der Waals surface area contributed by atoms with Gasteiger partial charge in [-0.25, -0.2) is 9.97 Å². The van der Waals surface area contributed by atoms with Crippen molar-refractivity contribution >= 4 is 11.6 Å². The van der Waals surface area contributed by atoms with E-state index in [9.17, 15) is 4.79 Å². The van der Waals surface area contributed by atoms with E-state index >= 15 is 0 Å². The molecule has 2 aromatic heterocycles. The lowest BCUT2D eigenvalue weighted by molar-refractivity contribution is 0.0983. The minimum Gasteiger partial charge on any atom is -0.341 e. The summed E-state index contributed by atoms with van der Waals surface area (Å²) in [6.07, 6.45) is 9.42. The standard InChI is InChI=1S/C22H24N6O/c1-2-17-22-26-24-14-27(22)18-13-23-20(19(29)12-15-8-4-3-5-9-15)25-21(18)28(17)16-10-6-7-11-16/h3-5,8-9,13-14,16-17H,2,6-7,10-12H2,1H3/t17-/m1/s1. The number of aromatic nitrogens is 5. The van der Waals surface area contributed by atoms with E-state index in [-0.39, 0.29) is 17.6 Å². The predicted molar refractivity (Wildman–Crippen MR) is 109 cm³/mol. The smallest absolute Gasteiger partial charge is 0.204 e. The summed E-state index contributed by atoms with van der Waals surface area (Å²) < 4.78 is 1.97. The molecule has 1 atom stereocenters. The van der Waals surface area contributed by atoms with E-state index in [2.05, 4.69) is 27.0 Å². The van der Waals surface area contributed by atoms with Gasteiger partial charge < -0.3 is 4.90 Å². The number of carbonyl (C=O) groups excluding carboxylic acids is 1. The minimum absolute atomic E-state index is 0.0621. The molecule has 0 spiro atoms. The van der Waals surface area contributed by atoms with E-state index in [1.165, 1.54) is 12.8 Å². The normalized spacial score (nSPS) is 18.5. The van der Waals surface area contributed by atoms with Crippen LogP contribution in [-0.4, -0.2) is 36.6 Å². The number of rotatable bonds is 5. The number of Topliss-reactive ketones (excluding diaryl/α,β-unsaturated/α-hetero) is 1. The molecule has 7 heteroatoms. The van der Waals surface area contributed by atoms with Crippen LogP contribution in [0.3, 0.4) is 0 Å². The van der Waals surface area contributed by atoms with Crippen LogP contribution < -0.4 is 4.90 Å². The van der Waals surface area contributed by atoms with Gasteiger partial charge in [0, 0.05) is 12.5 Å². The zero-order valence-corrected chi connectivity index (χ0v) is 16.5. The third kappa shape index (κ3) is 3.10. The first-order valence-corrected chi connectivity index (χ1v) is 10.4. The van der Waals surface area contributed by atoms with Gasteiger partial charge in [0.2, 0.25) is 5.78 Å². The number of ketones is 1. The number of fused-ring (bicyclic) bond motifs is 3. The third-order valence-electron chi connectivity index (χ3n) is 6.02. The molecule has 0 N–H and O–H groups in total. The highest BCUT2D eigenvalue weighted by molar-refractivity contribution is 5.94. The maximum Gasteiger partial charge on any atom is 0.204 e. The summed E-state index contributed by atoms with van der Waals surface area (Å²) in [4.78, 5) is 24.5. The van der Waals surface area contributed by atoms with Gasteiger partial charge in [-0.15, -0.1) is 10.2 Å². The highest BCUT2D eigenvalue weighted by atomic mass is 16.1. The minimum atomic E-state index is -0.0621. The Balaban J connectivity index is 1.56. The second kappa shape index (κ2) is 7.39. The summed E-state index contributed by atoms with van der Waals surface area (Å²) in [6.45, 7) is 2.17. The lowest BCUT2D eigenvalue weighted by Gasteiger charge is -2.40. The Kier molecular flexibility index (Phi) is 4.58. The van der Waals surface area contributed by atoms with E-state index in [4.69, 9.17) is 4.98 Å². The van der Waals surface area contributed by atoms with Crippen LogP contribution in [0.2, 0.25) is 0 Å². The number of benzene rings is 1. The van der Waals surface area contributed by atoms with Crippen LogP contribution in [-0.2, 0) is 6.42 Å². The first-order chi connectivity index (χ1) is 14.3. The molecule has 5 rings (SSSR count). The fourth-order valence-electron chi connectivity index (χ4n) is 4.64. The summed E-state index contributed by atoms with van der Waals surface area (Å²) in [7, 11) is 0. The SMILES string of the molecule is CC[C@@H]1c2nncn2-c2cnc(C(=O)Cc3ccccc3)nc2N1C1CCCC1. The molecule has 148 valence electrons. The molecule has 0 unspecified atom stereocenters. The van der Waals surface area contributed by atoms with Gasteiger partial charge in [-0.1, -0.05) is 50.1 Å². The van der Waals surface area contributed by atoms with Gasteiger partial charge >= 0.3 is 0 Å². The molecule has 1 saturated carbocycles. The molecule has 3 heterocycles. The molecule has 0 saturated heterocycles. The molecule has 3 aromatic rings. The summed E-state index contributed by atoms with van der Waals surface area (Å²) in [5.41, 5.74) is 1.83. The lowest BCUT2D eigenvalue weighted by Crippen LogP contribution is -2.42. The molecule has 1 aromatic carbocycles. The maximum absolute atomic E-state index is 12.9. The Morgan fingerprint density at radius 1 is 1.17 bits per heavy atom. The third-order valence-corrected chi connectivity index (χ3v) is 6.02. The van der Waals surface area contributed by atoms with Crippen molar-refractivity contribution in [3.63, 3.8) is 0 Å². The average Bonchev–Trinajstić information content (AvgIpc) is 3.45. The summed E-state index contributed by atoms with van der Waals surface area (Å²) in [5.74, 6) is 1.98. The van der Waals surface area contributed by atoms with Crippen molar-refractivity contribution in [2.24, 2.45) is 0 Å². The van der Waals surface area contributed by atoms with Gasteiger partial charge in [0.1, 0.15) is 12.0 Å². The van der Waals surface area contributed by atoms with Crippen LogP contribution in [0.5, 0.6) is 0 Å². The largest absolute Gasteiger partial charge is 0.341 e. The van der Waals surface area contributed by atoms with E-state index in [1.807, 2.05) is 34.9 Å². The van der Waals surface area contributed by atoms with E-state index in [0.29, 0.717) is 12.5 Å². The van der Waals surface area contributed by atoms with Crippen molar-refractivity contribution in [1.29, 1.82) is 0 Å². The van der Waals surface area contributed by atoms with Crippen LogP contribution >= 0.6 is 0 Å². The van der Waals surface area contributed by atoms with Crippen LogP contribution in [0.4, 0.5) is 5.82 Å². The molecular formula is C22H24N6O. The molecule has 29 heavy (non-hydrogen) atoms. The van der Waals surface area contributed by atoms with Crippen LogP contribution in [0, 0.1) is 0 Å². The Bertz CT molecular complexity index is 1020. The topological polar surface area (TPSA) is 76.8 Å². The van der Waals surface area contributed by atoms with Gasteiger partial charge in [0.05, 0.1) is 12.2 Å². The van der Waals surface area contributed by atoms with Crippen molar-refractivity contribution in [3.8, 4) is 5.69 Å². The van der Waals surface area contributed by atoms with Crippen LogP contribution in [0.15, 0.2) is 42.9 Å². The lowest BCUT2D eigenvalue weighted by atomic mass is 10.0. The molecule has 7 nitrogen and oxygen atoms in total.